The lowest BCUT2D eigenvalue weighted by atomic mass is 10.1. The van der Waals surface area contributed by atoms with Crippen LogP contribution in [0.4, 0.5) is 0 Å². The van der Waals surface area contributed by atoms with Crippen molar-refractivity contribution >= 4 is 11.9 Å². The Bertz CT molecular complexity index is 401. The third kappa shape index (κ3) is 5.15. The highest BCUT2D eigenvalue weighted by Crippen LogP contribution is 2.06. The van der Waals surface area contributed by atoms with Crippen LogP contribution in [0.1, 0.15) is 17.5 Å². The molecular weight excluding hydrogens is 218 g/mol. The fourth-order valence-electron chi connectivity index (χ4n) is 1.46. The Kier molecular flexibility index (Phi) is 5.20. The first kappa shape index (κ1) is 13.2. The number of nitrogens with one attached hydrogen (secondary N) is 1. The van der Waals surface area contributed by atoms with E-state index in [4.69, 9.17) is 0 Å². The fraction of sp³-hybridized carbons (Fsp3) is 0.385. The molecule has 0 aliphatic heterocycles. The summed E-state index contributed by atoms with van der Waals surface area (Å²) in [7, 11) is 1.29. The number of benzene rings is 1. The lowest BCUT2D eigenvalue weighted by Gasteiger charge is -2.04. The van der Waals surface area contributed by atoms with E-state index in [1.54, 1.807) is 0 Å². The number of methoxy groups -OCH3 is 1. The Labute approximate surface area is 101 Å². The molecule has 0 saturated heterocycles. The number of carbonyl (C=O) groups is 2. The fourth-order valence-corrected chi connectivity index (χ4v) is 1.46. The van der Waals surface area contributed by atoms with Crippen molar-refractivity contribution in [1.29, 1.82) is 0 Å². The van der Waals surface area contributed by atoms with Crippen molar-refractivity contribution in [2.75, 3.05) is 13.7 Å². The summed E-state index contributed by atoms with van der Waals surface area (Å²) in [4.78, 5) is 22.2. The second-order valence-corrected chi connectivity index (χ2v) is 3.84. The first-order valence-corrected chi connectivity index (χ1v) is 5.51. The van der Waals surface area contributed by atoms with Gasteiger partial charge in [0.05, 0.1) is 7.11 Å². The van der Waals surface area contributed by atoms with E-state index in [-0.39, 0.29) is 12.5 Å². The molecule has 0 bridgehead atoms. The number of esters is 1. The van der Waals surface area contributed by atoms with Gasteiger partial charge >= 0.3 is 5.97 Å². The zero-order chi connectivity index (χ0) is 12.7. The number of carbonyl (C=O) groups excluding carboxylic acids is 2. The molecule has 0 aliphatic carbocycles. The van der Waals surface area contributed by atoms with Crippen molar-refractivity contribution in [2.45, 2.75) is 19.8 Å². The molecule has 0 spiro atoms. The summed E-state index contributed by atoms with van der Waals surface area (Å²) in [5.74, 6) is -0.578. The Morgan fingerprint density at radius 2 is 2.12 bits per heavy atom. The van der Waals surface area contributed by atoms with Crippen LogP contribution in [0, 0.1) is 6.92 Å². The number of hydrogen-bond donors (Lipinski definition) is 1. The number of hydrogen-bond acceptors (Lipinski definition) is 3. The van der Waals surface area contributed by atoms with Gasteiger partial charge in [-0.05, 0) is 18.9 Å². The van der Waals surface area contributed by atoms with Gasteiger partial charge in [0.25, 0.3) is 0 Å². The average molecular weight is 235 g/mol. The second-order valence-electron chi connectivity index (χ2n) is 3.84. The van der Waals surface area contributed by atoms with E-state index < -0.39 is 5.97 Å². The largest absolute Gasteiger partial charge is 0.468 e. The first-order valence-electron chi connectivity index (χ1n) is 5.51. The van der Waals surface area contributed by atoms with Gasteiger partial charge in [-0.1, -0.05) is 29.8 Å². The Hall–Kier alpha value is -1.84. The highest BCUT2D eigenvalue weighted by molar-refractivity contribution is 5.81. The molecule has 1 rings (SSSR count). The van der Waals surface area contributed by atoms with Gasteiger partial charge < -0.3 is 10.1 Å². The van der Waals surface area contributed by atoms with E-state index in [1.807, 2.05) is 31.2 Å². The highest BCUT2D eigenvalue weighted by atomic mass is 16.5. The quantitative estimate of drug-likeness (QED) is 0.781. The van der Waals surface area contributed by atoms with Crippen molar-refractivity contribution < 1.29 is 14.3 Å². The minimum absolute atomic E-state index is 0.0663. The van der Waals surface area contributed by atoms with E-state index in [9.17, 15) is 9.59 Å². The van der Waals surface area contributed by atoms with Crippen molar-refractivity contribution in [3.63, 3.8) is 0 Å². The summed E-state index contributed by atoms with van der Waals surface area (Å²) in [5.41, 5.74) is 2.30. The van der Waals surface area contributed by atoms with Crippen LogP contribution in [0.3, 0.4) is 0 Å². The van der Waals surface area contributed by atoms with Crippen LogP contribution in [-0.4, -0.2) is 25.5 Å². The van der Waals surface area contributed by atoms with E-state index in [2.05, 4.69) is 10.1 Å². The standard InChI is InChI=1S/C13H17NO3/c1-10-4-3-5-11(8-10)6-7-12(15)14-9-13(16)17-2/h3-5,8H,6-7,9H2,1-2H3,(H,14,15). The average Bonchev–Trinajstić information content (AvgIpc) is 2.33. The summed E-state index contributed by atoms with van der Waals surface area (Å²) < 4.78 is 4.43. The number of rotatable bonds is 5. The summed E-state index contributed by atoms with van der Waals surface area (Å²) in [6.45, 7) is 1.95. The molecule has 1 aromatic carbocycles. The lowest BCUT2D eigenvalue weighted by Crippen LogP contribution is -2.30. The van der Waals surface area contributed by atoms with Crippen LogP contribution in [0.2, 0.25) is 0 Å². The van der Waals surface area contributed by atoms with Gasteiger partial charge in [0.2, 0.25) is 5.91 Å². The lowest BCUT2D eigenvalue weighted by molar-refractivity contribution is -0.141. The molecule has 17 heavy (non-hydrogen) atoms. The monoisotopic (exact) mass is 235 g/mol. The van der Waals surface area contributed by atoms with E-state index in [0.29, 0.717) is 12.8 Å². The van der Waals surface area contributed by atoms with Crippen LogP contribution >= 0.6 is 0 Å². The normalized spacial score (nSPS) is 9.76. The molecule has 1 amide bonds. The van der Waals surface area contributed by atoms with E-state index in [1.165, 1.54) is 12.7 Å². The molecule has 0 radical (unpaired) electrons. The van der Waals surface area contributed by atoms with Crippen molar-refractivity contribution in [3.05, 3.63) is 35.4 Å². The molecule has 0 fully saturated rings. The highest BCUT2D eigenvalue weighted by Gasteiger charge is 2.05. The first-order chi connectivity index (χ1) is 8.11. The minimum atomic E-state index is -0.436. The molecule has 4 nitrogen and oxygen atoms in total. The van der Waals surface area contributed by atoms with Gasteiger partial charge in [-0.15, -0.1) is 0 Å². The predicted octanol–water partition coefficient (Wildman–Crippen LogP) is 1.22. The topological polar surface area (TPSA) is 55.4 Å². The minimum Gasteiger partial charge on any atom is -0.468 e. The summed E-state index contributed by atoms with van der Waals surface area (Å²) in [5, 5.41) is 2.50. The third-order valence-corrected chi connectivity index (χ3v) is 2.38. The van der Waals surface area contributed by atoms with Crippen LogP contribution in [0.5, 0.6) is 0 Å². The summed E-state index contributed by atoms with van der Waals surface area (Å²) in [6.07, 6.45) is 1.05. The van der Waals surface area contributed by atoms with Gasteiger partial charge in [0.15, 0.2) is 0 Å². The summed E-state index contributed by atoms with van der Waals surface area (Å²) in [6, 6.07) is 8.02. The van der Waals surface area contributed by atoms with Crippen LogP contribution in [-0.2, 0) is 20.7 Å². The van der Waals surface area contributed by atoms with Gasteiger partial charge in [0, 0.05) is 6.42 Å². The Morgan fingerprint density at radius 3 is 2.76 bits per heavy atom. The van der Waals surface area contributed by atoms with E-state index >= 15 is 0 Å². The number of aryl methyl sites for hydroxylation is 2. The molecule has 0 aliphatic rings. The van der Waals surface area contributed by atoms with Crippen LogP contribution < -0.4 is 5.32 Å². The number of ether oxygens (including phenoxy) is 1. The molecule has 0 saturated carbocycles. The molecule has 1 aromatic rings. The maximum Gasteiger partial charge on any atom is 0.325 e. The molecule has 0 aromatic heterocycles. The van der Waals surface area contributed by atoms with Gasteiger partial charge in [-0.3, -0.25) is 9.59 Å². The maximum atomic E-state index is 11.4. The van der Waals surface area contributed by atoms with E-state index in [0.717, 1.165) is 5.56 Å². The smallest absolute Gasteiger partial charge is 0.325 e. The van der Waals surface area contributed by atoms with Crippen LogP contribution in [0.15, 0.2) is 24.3 Å². The maximum absolute atomic E-state index is 11.4. The summed E-state index contributed by atoms with van der Waals surface area (Å²) >= 11 is 0. The molecule has 0 atom stereocenters. The van der Waals surface area contributed by atoms with Gasteiger partial charge in [-0.25, -0.2) is 0 Å². The van der Waals surface area contributed by atoms with Gasteiger partial charge in [0.1, 0.15) is 6.54 Å². The van der Waals surface area contributed by atoms with Crippen molar-refractivity contribution in [3.8, 4) is 0 Å². The molecule has 0 unspecified atom stereocenters. The third-order valence-electron chi connectivity index (χ3n) is 2.38. The molecule has 1 N–H and O–H groups in total. The zero-order valence-electron chi connectivity index (χ0n) is 10.2. The molecular formula is C13H17NO3. The van der Waals surface area contributed by atoms with Crippen molar-refractivity contribution in [1.82, 2.24) is 5.32 Å². The SMILES string of the molecule is COC(=O)CNC(=O)CCc1cccc(C)c1. The molecule has 4 heteroatoms. The predicted molar refractivity (Wildman–Crippen MR) is 64.5 cm³/mol. The van der Waals surface area contributed by atoms with Gasteiger partial charge in [-0.2, -0.15) is 0 Å². The zero-order valence-corrected chi connectivity index (χ0v) is 10.2. The molecule has 0 heterocycles. The van der Waals surface area contributed by atoms with Crippen LogP contribution in [0.25, 0.3) is 0 Å². The number of amides is 1. The van der Waals surface area contributed by atoms with Crippen molar-refractivity contribution in [2.24, 2.45) is 0 Å². The second kappa shape index (κ2) is 6.68. The Morgan fingerprint density at radius 1 is 1.35 bits per heavy atom. The molecule has 92 valence electrons. The Balaban J connectivity index is 2.31.